The number of aromatic amines is 1. The Bertz CT molecular complexity index is 1490. The molecular formula is C26H29N3O5. The van der Waals surface area contributed by atoms with Crippen LogP contribution in [0.4, 0.5) is 0 Å². The minimum Gasteiger partial charge on any atom is -0.497 e. The first kappa shape index (κ1) is 23.4. The molecule has 4 rings (SSSR count). The molecule has 2 heterocycles. The summed E-state index contributed by atoms with van der Waals surface area (Å²) in [6.45, 7) is 5.83. The molecule has 34 heavy (non-hydrogen) atoms. The van der Waals surface area contributed by atoms with Crippen molar-refractivity contribution in [1.29, 1.82) is 0 Å². The van der Waals surface area contributed by atoms with Gasteiger partial charge in [0.25, 0.3) is 5.56 Å². The van der Waals surface area contributed by atoms with Crippen molar-refractivity contribution in [3.63, 3.8) is 0 Å². The summed E-state index contributed by atoms with van der Waals surface area (Å²) in [5.74, 6) is -0.741. The predicted molar refractivity (Wildman–Crippen MR) is 132 cm³/mol. The molecule has 0 saturated carbocycles. The van der Waals surface area contributed by atoms with Gasteiger partial charge in [-0.05, 0) is 50.1 Å². The minimum atomic E-state index is -1.25. The van der Waals surface area contributed by atoms with Gasteiger partial charge in [-0.3, -0.25) is 9.36 Å². The highest BCUT2D eigenvalue weighted by atomic mass is 16.5. The molecule has 8 heteroatoms. The molecule has 2 aromatic carbocycles. The molecule has 2 aromatic heterocycles. The Hall–Kier alpha value is -3.81. The van der Waals surface area contributed by atoms with Crippen LogP contribution in [0.1, 0.15) is 56.3 Å². The number of H-pyrrole nitrogens is 1. The lowest BCUT2D eigenvalue weighted by Gasteiger charge is -2.23. The largest absolute Gasteiger partial charge is 0.497 e. The fraction of sp³-hybridized carbons (Fsp3) is 0.346. The van der Waals surface area contributed by atoms with E-state index in [4.69, 9.17) is 4.74 Å². The van der Waals surface area contributed by atoms with Gasteiger partial charge in [0.15, 0.2) is 0 Å². The number of carboxylic acid groups (broad SMARTS) is 1. The number of nitrogens with zero attached hydrogens (tertiary/aromatic N) is 2. The number of nitrogens with one attached hydrogen (secondary N) is 1. The molecule has 178 valence electrons. The van der Waals surface area contributed by atoms with Crippen molar-refractivity contribution in [3.05, 3.63) is 74.6 Å². The number of benzene rings is 2. The van der Waals surface area contributed by atoms with Crippen LogP contribution in [-0.4, -0.2) is 32.3 Å². The highest BCUT2D eigenvalue weighted by Gasteiger charge is 2.28. The first-order chi connectivity index (χ1) is 16.3. The second-order valence-electron chi connectivity index (χ2n) is 8.62. The van der Waals surface area contributed by atoms with E-state index in [2.05, 4.69) is 4.98 Å². The number of aliphatic carboxylic acids is 1. The molecule has 0 aliphatic carbocycles. The fourth-order valence-electron chi connectivity index (χ4n) is 4.74. The molecule has 2 atom stereocenters. The van der Waals surface area contributed by atoms with Gasteiger partial charge in [0, 0.05) is 22.7 Å². The summed E-state index contributed by atoms with van der Waals surface area (Å²) < 4.78 is 7.73. The van der Waals surface area contributed by atoms with Gasteiger partial charge in [0.2, 0.25) is 0 Å². The SMILES string of the molecule is CCCCC(C(=O)O)n1c(=O)c2cc(OC)ccc2n(C(C)c2c[nH]c3cccc(C)c23)c1=O. The quantitative estimate of drug-likeness (QED) is 0.403. The van der Waals surface area contributed by atoms with E-state index in [1.807, 2.05) is 45.2 Å². The van der Waals surface area contributed by atoms with E-state index >= 15 is 0 Å². The molecule has 0 aliphatic rings. The monoisotopic (exact) mass is 463 g/mol. The molecule has 8 nitrogen and oxygen atoms in total. The summed E-state index contributed by atoms with van der Waals surface area (Å²) in [7, 11) is 1.49. The maximum atomic E-state index is 13.8. The fourth-order valence-corrected chi connectivity index (χ4v) is 4.74. The van der Waals surface area contributed by atoms with Gasteiger partial charge in [-0.25, -0.2) is 14.2 Å². The number of unbranched alkanes of at least 4 members (excludes halogenated alkanes) is 1. The van der Waals surface area contributed by atoms with Crippen LogP contribution in [0.5, 0.6) is 5.75 Å². The lowest BCUT2D eigenvalue weighted by molar-refractivity contribution is -0.141. The number of carboxylic acids is 1. The predicted octanol–water partition coefficient (Wildman–Crippen LogP) is 4.39. The number of hydrogen-bond donors (Lipinski definition) is 2. The third-order valence-electron chi connectivity index (χ3n) is 6.53. The van der Waals surface area contributed by atoms with Crippen molar-refractivity contribution in [2.24, 2.45) is 0 Å². The van der Waals surface area contributed by atoms with Crippen molar-refractivity contribution < 1.29 is 14.6 Å². The van der Waals surface area contributed by atoms with Crippen LogP contribution in [0.25, 0.3) is 21.8 Å². The number of hydrogen-bond acceptors (Lipinski definition) is 4. The van der Waals surface area contributed by atoms with Crippen molar-refractivity contribution in [2.45, 2.75) is 52.1 Å². The van der Waals surface area contributed by atoms with Crippen LogP contribution in [0.2, 0.25) is 0 Å². The van der Waals surface area contributed by atoms with Crippen LogP contribution < -0.4 is 16.0 Å². The molecular weight excluding hydrogens is 434 g/mol. The zero-order valence-electron chi connectivity index (χ0n) is 19.8. The van der Waals surface area contributed by atoms with E-state index in [1.54, 1.807) is 18.2 Å². The average molecular weight is 464 g/mol. The number of methoxy groups -OCH3 is 1. The van der Waals surface area contributed by atoms with Crippen LogP contribution in [-0.2, 0) is 4.79 Å². The van der Waals surface area contributed by atoms with E-state index < -0.39 is 29.3 Å². The Kier molecular flexibility index (Phi) is 6.32. The normalized spacial score (nSPS) is 13.3. The maximum absolute atomic E-state index is 13.8. The Labute approximate surface area is 196 Å². The molecule has 0 bridgehead atoms. The molecule has 0 aliphatic heterocycles. The summed E-state index contributed by atoms with van der Waals surface area (Å²) >= 11 is 0. The zero-order valence-corrected chi connectivity index (χ0v) is 19.8. The minimum absolute atomic E-state index is 0.191. The van der Waals surface area contributed by atoms with Crippen molar-refractivity contribution in [2.75, 3.05) is 7.11 Å². The van der Waals surface area contributed by atoms with Crippen LogP contribution in [0, 0.1) is 6.92 Å². The first-order valence-corrected chi connectivity index (χ1v) is 11.4. The highest BCUT2D eigenvalue weighted by molar-refractivity contribution is 5.87. The second-order valence-corrected chi connectivity index (χ2v) is 8.62. The molecule has 0 radical (unpaired) electrons. The molecule has 2 N–H and O–H groups in total. The van der Waals surface area contributed by atoms with Gasteiger partial charge in [0.1, 0.15) is 11.8 Å². The van der Waals surface area contributed by atoms with Gasteiger partial charge >= 0.3 is 11.7 Å². The Morgan fingerprint density at radius 3 is 2.62 bits per heavy atom. The van der Waals surface area contributed by atoms with Gasteiger partial charge in [-0.15, -0.1) is 0 Å². The Morgan fingerprint density at radius 2 is 1.94 bits per heavy atom. The number of carbonyl (C=O) groups is 1. The third kappa shape index (κ3) is 3.79. The third-order valence-corrected chi connectivity index (χ3v) is 6.53. The molecule has 0 spiro atoms. The number of aryl methyl sites for hydroxylation is 1. The van der Waals surface area contributed by atoms with E-state index in [1.165, 1.54) is 11.7 Å². The highest BCUT2D eigenvalue weighted by Crippen LogP contribution is 2.31. The number of aromatic nitrogens is 3. The Balaban J connectivity index is 2.07. The molecule has 0 fully saturated rings. The molecule has 0 amide bonds. The smallest absolute Gasteiger partial charge is 0.332 e. The topological polar surface area (TPSA) is 106 Å². The lowest BCUT2D eigenvalue weighted by Crippen LogP contribution is -2.45. The van der Waals surface area contributed by atoms with E-state index in [0.717, 1.165) is 33.0 Å². The first-order valence-electron chi connectivity index (χ1n) is 11.4. The van der Waals surface area contributed by atoms with Crippen LogP contribution >= 0.6 is 0 Å². The summed E-state index contributed by atoms with van der Waals surface area (Å²) in [5.41, 5.74) is 2.06. The second kappa shape index (κ2) is 9.21. The lowest BCUT2D eigenvalue weighted by atomic mass is 10.0. The van der Waals surface area contributed by atoms with E-state index in [9.17, 15) is 19.5 Å². The van der Waals surface area contributed by atoms with Crippen molar-refractivity contribution >= 4 is 27.8 Å². The molecule has 0 saturated heterocycles. The van der Waals surface area contributed by atoms with E-state index in [-0.39, 0.29) is 11.8 Å². The maximum Gasteiger partial charge on any atom is 0.332 e. The summed E-state index contributed by atoms with van der Waals surface area (Å²) in [6.07, 6.45) is 3.39. The van der Waals surface area contributed by atoms with Gasteiger partial charge < -0.3 is 14.8 Å². The average Bonchev–Trinajstić information content (AvgIpc) is 3.26. The standard InChI is InChI=1S/C26H29N3O5/c1-5-6-10-22(25(31)32)29-24(30)18-13-17(34-4)11-12-21(18)28(26(29)33)16(3)19-14-27-20-9-7-8-15(2)23(19)20/h7-9,11-14,16,22,27H,5-6,10H2,1-4H3,(H,31,32). The summed E-state index contributed by atoms with van der Waals surface area (Å²) in [5, 5.41) is 11.2. The van der Waals surface area contributed by atoms with Crippen molar-refractivity contribution in [3.8, 4) is 5.75 Å². The summed E-state index contributed by atoms with van der Waals surface area (Å²) in [4.78, 5) is 42.7. The summed E-state index contributed by atoms with van der Waals surface area (Å²) in [6, 6.07) is 9.16. The van der Waals surface area contributed by atoms with Gasteiger partial charge in [-0.1, -0.05) is 31.9 Å². The van der Waals surface area contributed by atoms with Crippen LogP contribution in [0.15, 0.2) is 52.2 Å². The van der Waals surface area contributed by atoms with E-state index in [0.29, 0.717) is 17.7 Å². The molecule has 4 aromatic rings. The van der Waals surface area contributed by atoms with Gasteiger partial charge in [0.05, 0.1) is 24.1 Å². The number of ether oxygens (including phenoxy) is 1. The zero-order chi connectivity index (χ0) is 24.6. The van der Waals surface area contributed by atoms with Crippen LogP contribution in [0.3, 0.4) is 0 Å². The van der Waals surface area contributed by atoms with Crippen molar-refractivity contribution in [1.82, 2.24) is 14.1 Å². The number of rotatable bonds is 8. The molecule has 2 unspecified atom stereocenters. The Morgan fingerprint density at radius 1 is 1.18 bits per heavy atom. The number of fused-ring (bicyclic) bond motifs is 2. The van der Waals surface area contributed by atoms with Gasteiger partial charge in [-0.2, -0.15) is 0 Å².